The lowest BCUT2D eigenvalue weighted by atomic mass is 10.1. The fourth-order valence-corrected chi connectivity index (χ4v) is 2.11. The second-order valence-electron chi connectivity index (χ2n) is 3.58. The Hall–Kier alpha value is -1.42. The van der Waals surface area contributed by atoms with Crippen LogP contribution >= 0.6 is 15.9 Å². The second-order valence-corrected chi connectivity index (χ2v) is 4.38. The van der Waals surface area contributed by atoms with Gasteiger partial charge in [0, 0.05) is 10.9 Å². The fourth-order valence-electron chi connectivity index (χ4n) is 1.48. The number of hydrogen-bond donors (Lipinski definition) is 0. The first-order valence-corrected chi connectivity index (χ1v) is 6.54. The quantitative estimate of drug-likeness (QED) is 0.460. The smallest absolute Gasteiger partial charge is 0.335 e. The van der Waals surface area contributed by atoms with Crippen LogP contribution in [-0.4, -0.2) is 18.9 Å². The van der Waals surface area contributed by atoms with Gasteiger partial charge in [0.25, 0.3) is 0 Å². The minimum absolute atomic E-state index is 0.302. The van der Waals surface area contributed by atoms with Gasteiger partial charge < -0.3 is 9.53 Å². The molecule has 1 rings (SSSR count). The summed E-state index contributed by atoms with van der Waals surface area (Å²) < 4.78 is 5.68. The summed E-state index contributed by atoms with van der Waals surface area (Å²) in [7, 11) is 0. The van der Waals surface area contributed by atoms with Crippen LogP contribution in [0, 0.1) is 0 Å². The van der Waals surface area contributed by atoms with Gasteiger partial charge in [-0.3, -0.25) is 0 Å². The minimum atomic E-state index is -0.380. The SMILES string of the molecule is CCOC(=O)/C(CCC=O)=C(\Br)c1ccccc1. The average molecular weight is 311 g/mol. The number of benzene rings is 1. The number of rotatable bonds is 6. The summed E-state index contributed by atoms with van der Waals surface area (Å²) in [5, 5.41) is 0. The molecule has 0 saturated heterocycles. The lowest BCUT2D eigenvalue weighted by molar-refractivity contribution is -0.138. The molecule has 0 saturated carbocycles. The topological polar surface area (TPSA) is 43.4 Å². The number of halogens is 1. The van der Waals surface area contributed by atoms with Crippen molar-refractivity contribution in [2.75, 3.05) is 6.61 Å². The van der Waals surface area contributed by atoms with Gasteiger partial charge in [-0.15, -0.1) is 0 Å². The summed E-state index contributed by atoms with van der Waals surface area (Å²) in [6.07, 6.45) is 1.47. The molecule has 0 heterocycles. The van der Waals surface area contributed by atoms with E-state index in [4.69, 9.17) is 4.74 Å². The van der Waals surface area contributed by atoms with E-state index in [9.17, 15) is 9.59 Å². The molecular formula is C14H15BrO3. The van der Waals surface area contributed by atoms with Gasteiger partial charge in [-0.1, -0.05) is 30.3 Å². The van der Waals surface area contributed by atoms with Crippen molar-refractivity contribution >= 4 is 32.7 Å². The molecule has 0 amide bonds. The van der Waals surface area contributed by atoms with E-state index in [1.807, 2.05) is 30.3 Å². The van der Waals surface area contributed by atoms with E-state index in [0.717, 1.165) is 11.8 Å². The monoisotopic (exact) mass is 310 g/mol. The Bertz CT molecular complexity index is 438. The standard InChI is InChI=1S/C14H15BrO3/c1-2-18-14(17)12(9-6-10-16)13(15)11-7-4-3-5-8-11/h3-5,7-8,10H,2,6,9H2,1H3/b13-12-. The molecule has 0 fully saturated rings. The van der Waals surface area contributed by atoms with Gasteiger partial charge in [0.05, 0.1) is 12.2 Å². The molecule has 0 radical (unpaired) electrons. The van der Waals surface area contributed by atoms with Crippen LogP contribution in [0.4, 0.5) is 0 Å². The van der Waals surface area contributed by atoms with Gasteiger partial charge in [0.1, 0.15) is 6.29 Å². The highest BCUT2D eigenvalue weighted by Crippen LogP contribution is 2.28. The zero-order chi connectivity index (χ0) is 13.4. The first-order valence-electron chi connectivity index (χ1n) is 5.75. The molecule has 0 aliphatic carbocycles. The van der Waals surface area contributed by atoms with Crippen molar-refractivity contribution in [2.24, 2.45) is 0 Å². The Morgan fingerprint density at radius 3 is 2.56 bits per heavy atom. The Morgan fingerprint density at radius 1 is 1.33 bits per heavy atom. The van der Waals surface area contributed by atoms with E-state index in [1.165, 1.54) is 0 Å². The van der Waals surface area contributed by atoms with Crippen molar-refractivity contribution < 1.29 is 14.3 Å². The fraction of sp³-hybridized carbons (Fsp3) is 0.286. The van der Waals surface area contributed by atoms with Gasteiger partial charge in [0.15, 0.2) is 0 Å². The van der Waals surface area contributed by atoms with E-state index < -0.39 is 0 Å². The number of hydrogen-bond acceptors (Lipinski definition) is 3. The first kappa shape index (κ1) is 14.6. The maximum Gasteiger partial charge on any atom is 0.335 e. The molecule has 1 aromatic carbocycles. The second kappa shape index (κ2) is 7.82. The maximum atomic E-state index is 11.8. The van der Waals surface area contributed by atoms with Crippen LogP contribution in [0.5, 0.6) is 0 Å². The van der Waals surface area contributed by atoms with Crippen molar-refractivity contribution in [3.8, 4) is 0 Å². The van der Waals surface area contributed by atoms with Crippen LogP contribution in [0.2, 0.25) is 0 Å². The predicted molar refractivity (Wildman–Crippen MR) is 74.2 cm³/mol. The molecule has 96 valence electrons. The molecule has 0 aliphatic heterocycles. The van der Waals surface area contributed by atoms with Crippen molar-refractivity contribution in [3.05, 3.63) is 41.5 Å². The van der Waals surface area contributed by atoms with Crippen LogP contribution in [0.25, 0.3) is 4.48 Å². The lowest BCUT2D eigenvalue weighted by Gasteiger charge is -2.09. The third kappa shape index (κ3) is 4.11. The Kier molecular flexibility index (Phi) is 6.36. The third-order valence-corrected chi connectivity index (χ3v) is 3.26. The van der Waals surface area contributed by atoms with Crippen molar-refractivity contribution in [2.45, 2.75) is 19.8 Å². The maximum absolute atomic E-state index is 11.8. The Morgan fingerprint density at radius 2 is 2.00 bits per heavy atom. The lowest BCUT2D eigenvalue weighted by Crippen LogP contribution is -2.09. The van der Waals surface area contributed by atoms with Crippen LogP contribution in [0.3, 0.4) is 0 Å². The molecule has 0 aliphatic rings. The zero-order valence-electron chi connectivity index (χ0n) is 10.2. The van der Waals surface area contributed by atoms with E-state index in [1.54, 1.807) is 6.92 Å². The molecular weight excluding hydrogens is 296 g/mol. The molecule has 0 bridgehead atoms. The summed E-state index contributed by atoms with van der Waals surface area (Å²) in [5.74, 6) is -0.380. The zero-order valence-corrected chi connectivity index (χ0v) is 11.8. The highest BCUT2D eigenvalue weighted by molar-refractivity contribution is 9.15. The molecule has 0 spiro atoms. The van der Waals surface area contributed by atoms with Crippen LogP contribution in [0.1, 0.15) is 25.3 Å². The normalized spacial score (nSPS) is 11.7. The third-order valence-electron chi connectivity index (χ3n) is 2.33. The molecule has 0 N–H and O–H groups in total. The molecule has 18 heavy (non-hydrogen) atoms. The largest absolute Gasteiger partial charge is 0.463 e. The number of aldehydes is 1. The van der Waals surface area contributed by atoms with Gasteiger partial charge >= 0.3 is 5.97 Å². The molecule has 0 aromatic heterocycles. The molecule has 3 nitrogen and oxygen atoms in total. The van der Waals surface area contributed by atoms with E-state index in [-0.39, 0.29) is 5.97 Å². The number of carbonyl (C=O) groups is 2. The minimum Gasteiger partial charge on any atom is -0.463 e. The van der Waals surface area contributed by atoms with Gasteiger partial charge in [-0.2, -0.15) is 0 Å². The molecule has 0 unspecified atom stereocenters. The van der Waals surface area contributed by atoms with Crippen molar-refractivity contribution in [1.82, 2.24) is 0 Å². The summed E-state index contributed by atoms with van der Waals surface area (Å²) in [4.78, 5) is 22.3. The number of ether oxygens (including phenoxy) is 1. The molecule has 4 heteroatoms. The average Bonchev–Trinajstić information content (AvgIpc) is 2.40. The van der Waals surface area contributed by atoms with E-state index >= 15 is 0 Å². The number of esters is 1. The van der Waals surface area contributed by atoms with Crippen molar-refractivity contribution in [3.63, 3.8) is 0 Å². The first-order chi connectivity index (χ1) is 8.70. The Labute approximate surface area is 115 Å². The van der Waals surface area contributed by atoms with Gasteiger partial charge in [0.2, 0.25) is 0 Å². The highest BCUT2D eigenvalue weighted by Gasteiger charge is 2.15. The van der Waals surface area contributed by atoms with E-state index in [2.05, 4.69) is 15.9 Å². The van der Waals surface area contributed by atoms with Gasteiger partial charge in [-0.05, 0) is 34.8 Å². The summed E-state index contributed by atoms with van der Waals surface area (Å²) >= 11 is 3.42. The summed E-state index contributed by atoms with van der Waals surface area (Å²) in [6.45, 7) is 2.07. The Balaban J connectivity index is 3.06. The molecule has 1 aromatic rings. The number of carbonyl (C=O) groups excluding carboxylic acids is 2. The summed E-state index contributed by atoms with van der Waals surface area (Å²) in [6, 6.07) is 9.46. The van der Waals surface area contributed by atoms with Crippen LogP contribution < -0.4 is 0 Å². The predicted octanol–water partition coefficient (Wildman–Crippen LogP) is 3.33. The van der Waals surface area contributed by atoms with E-state index in [0.29, 0.717) is 29.5 Å². The highest BCUT2D eigenvalue weighted by atomic mass is 79.9. The van der Waals surface area contributed by atoms with Crippen LogP contribution in [-0.2, 0) is 14.3 Å². The van der Waals surface area contributed by atoms with Gasteiger partial charge in [-0.25, -0.2) is 4.79 Å². The summed E-state index contributed by atoms with van der Waals surface area (Å²) in [5.41, 5.74) is 1.39. The van der Waals surface area contributed by atoms with Crippen LogP contribution in [0.15, 0.2) is 35.9 Å². The molecule has 0 atom stereocenters. The van der Waals surface area contributed by atoms with Crippen molar-refractivity contribution in [1.29, 1.82) is 0 Å².